The van der Waals surface area contributed by atoms with Gasteiger partial charge in [-0.2, -0.15) is 0 Å². The minimum Gasteiger partial charge on any atom is -0.481 e. The molecule has 0 atom stereocenters. The lowest BCUT2D eigenvalue weighted by Crippen LogP contribution is -2.64. The van der Waals surface area contributed by atoms with E-state index in [9.17, 15) is 19.2 Å². The van der Waals surface area contributed by atoms with Crippen molar-refractivity contribution in [2.24, 2.45) is 0 Å². The number of rotatable bonds is 6. The molecule has 3 N–H and O–H groups in total. The molecule has 7 nitrogen and oxygen atoms in total. The smallest absolute Gasteiger partial charge is 0.328 e. The van der Waals surface area contributed by atoms with Crippen molar-refractivity contribution < 1.29 is 24.3 Å². The van der Waals surface area contributed by atoms with Crippen molar-refractivity contribution in [3.05, 3.63) is 35.9 Å². The number of aliphatic carboxylic acids is 1. The molecule has 1 aromatic rings. The molecule has 1 heterocycles. The first-order valence-electron chi connectivity index (χ1n) is 6.91. The third kappa shape index (κ3) is 2.98. The number of hydrogen-bond donors (Lipinski definition) is 3. The lowest BCUT2D eigenvalue weighted by Gasteiger charge is -2.34. The zero-order valence-electron chi connectivity index (χ0n) is 11.8. The number of barbiturate groups is 1. The molecule has 4 amide bonds. The summed E-state index contributed by atoms with van der Waals surface area (Å²) in [5.74, 6) is -2.29. The van der Waals surface area contributed by atoms with Crippen LogP contribution < -0.4 is 10.6 Å². The van der Waals surface area contributed by atoms with Gasteiger partial charge in [0.1, 0.15) is 0 Å². The predicted molar refractivity (Wildman–Crippen MR) is 75.9 cm³/mol. The average molecular weight is 304 g/mol. The van der Waals surface area contributed by atoms with Crippen LogP contribution in [0.3, 0.4) is 0 Å². The number of nitrogens with one attached hydrogen (secondary N) is 2. The largest absolute Gasteiger partial charge is 0.481 e. The summed E-state index contributed by atoms with van der Waals surface area (Å²) in [5.41, 5.74) is -1.03. The number of carboxylic acids is 1. The minimum absolute atomic E-state index is 0.0347. The molecule has 0 spiro atoms. The second-order valence-electron chi connectivity index (χ2n) is 5.11. The molecule has 0 radical (unpaired) electrons. The number of hydrogen-bond acceptors (Lipinski definition) is 4. The van der Waals surface area contributed by atoms with Crippen LogP contribution in [0.1, 0.15) is 31.2 Å². The van der Waals surface area contributed by atoms with Crippen LogP contribution in [0.4, 0.5) is 4.79 Å². The van der Waals surface area contributed by atoms with Gasteiger partial charge in [0, 0.05) is 6.42 Å². The van der Waals surface area contributed by atoms with E-state index in [0.29, 0.717) is 18.4 Å². The molecule has 1 aliphatic heterocycles. The summed E-state index contributed by atoms with van der Waals surface area (Å²) < 4.78 is 0. The van der Waals surface area contributed by atoms with E-state index in [1.54, 1.807) is 30.3 Å². The van der Waals surface area contributed by atoms with Gasteiger partial charge in [0.05, 0.1) is 0 Å². The molecule has 0 saturated carbocycles. The van der Waals surface area contributed by atoms with Crippen molar-refractivity contribution in [3.8, 4) is 0 Å². The van der Waals surface area contributed by atoms with E-state index in [0.717, 1.165) is 0 Å². The first kappa shape index (κ1) is 15.7. The molecule has 1 saturated heterocycles. The Hall–Kier alpha value is -2.70. The monoisotopic (exact) mass is 304 g/mol. The summed E-state index contributed by atoms with van der Waals surface area (Å²) in [7, 11) is 0. The number of urea groups is 1. The number of carboxylic acid groups (broad SMARTS) is 1. The SMILES string of the molecule is O=C(O)CCCCC1(c2ccccc2)C(=O)NC(=O)NC1=O. The van der Waals surface area contributed by atoms with Gasteiger partial charge in [0.25, 0.3) is 0 Å². The fraction of sp³-hybridized carbons (Fsp3) is 0.333. The van der Waals surface area contributed by atoms with Crippen LogP contribution >= 0.6 is 0 Å². The maximum Gasteiger partial charge on any atom is 0.328 e. The van der Waals surface area contributed by atoms with Gasteiger partial charge in [0.2, 0.25) is 11.8 Å². The van der Waals surface area contributed by atoms with Crippen LogP contribution in [-0.2, 0) is 19.8 Å². The summed E-state index contributed by atoms with van der Waals surface area (Å²) in [5, 5.41) is 12.9. The van der Waals surface area contributed by atoms with Crippen LogP contribution in [0.2, 0.25) is 0 Å². The third-order valence-corrected chi connectivity index (χ3v) is 3.69. The highest BCUT2D eigenvalue weighted by Crippen LogP contribution is 2.32. The topological polar surface area (TPSA) is 113 Å². The van der Waals surface area contributed by atoms with Gasteiger partial charge in [-0.3, -0.25) is 25.0 Å². The van der Waals surface area contributed by atoms with Crippen molar-refractivity contribution >= 4 is 23.8 Å². The maximum absolute atomic E-state index is 12.4. The van der Waals surface area contributed by atoms with Crippen LogP contribution in [0.25, 0.3) is 0 Å². The number of benzene rings is 1. The third-order valence-electron chi connectivity index (χ3n) is 3.69. The van der Waals surface area contributed by atoms with Crippen molar-refractivity contribution in [2.45, 2.75) is 31.1 Å². The van der Waals surface area contributed by atoms with Crippen LogP contribution in [0, 0.1) is 0 Å². The van der Waals surface area contributed by atoms with Gasteiger partial charge < -0.3 is 5.11 Å². The molecule has 0 aromatic heterocycles. The number of unbranched alkanes of at least 4 members (excludes halogenated alkanes) is 1. The first-order valence-corrected chi connectivity index (χ1v) is 6.91. The van der Waals surface area contributed by atoms with E-state index in [1.165, 1.54) is 0 Å². The summed E-state index contributed by atoms with van der Waals surface area (Å²) in [6.45, 7) is 0. The van der Waals surface area contributed by atoms with E-state index < -0.39 is 29.2 Å². The fourth-order valence-electron chi connectivity index (χ4n) is 2.58. The Balaban J connectivity index is 2.29. The predicted octanol–water partition coefficient (Wildman–Crippen LogP) is 0.935. The number of amides is 4. The van der Waals surface area contributed by atoms with Gasteiger partial charge in [-0.1, -0.05) is 36.8 Å². The van der Waals surface area contributed by atoms with E-state index >= 15 is 0 Å². The van der Waals surface area contributed by atoms with Gasteiger partial charge in [0.15, 0.2) is 5.41 Å². The number of carbonyl (C=O) groups is 4. The zero-order valence-corrected chi connectivity index (χ0v) is 11.8. The minimum atomic E-state index is -1.51. The lowest BCUT2D eigenvalue weighted by atomic mass is 9.73. The van der Waals surface area contributed by atoms with E-state index in [1.807, 2.05) is 0 Å². The average Bonchev–Trinajstić information content (AvgIpc) is 2.46. The van der Waals surface area contributed by atoms with Crippen LogP contribution in [0.5, 0.6) is 0 Å². The second-order valence-corrected chi connectivity index (χ2v) is 5.11. The van der Waals surface area contributed by atoms with Gasteiger partial charge in [-0.15, -0.1) is 0 Å². The van der Waals surface area contributed by atoms with Crippen molar-refractivity contribution in [3.63, 3.8) is 0 Å². The normalized spacial score (nSPS) is 16.8. The second kappa shape index (κ2) is 6.38. The Morgan fingerprint density at radius 3 is 2.14 bits per heavy atom. The Labute approximate surface area is 126 Å². The Kier molecular flexibility index (Phi) is 4.55. The molecule has 0 bridgehead atoms. The zero-order chi connectivity index (χ0) is 16.2. The van der Waals surface area contributed by atoms with Gasteiger partial charge >= 0.3 is 12.0 Å². The first-order chi connectivity index (χ1) is 10.5. The standard InChI is InChI=1S/C15H16N2O5/c18-11(19)8-4-5-9-15(10-6-2-1-3-7-10)12(20)16-14(22)17-13(15)21/h1-3,6-7H,4-5,8-9H2,(H,18,19)(H2,16,17,20,21,22). The highest BCUT2D eigenvalue weighted by Gasteiger charge is 2.51. The molecular weight excluding hydrogens is 288 g/mol. The van der Waals surface area contributed by atoms with Crippen molar-refractivity contribution in [2.75, 3.05) is 0 Å². The Morgan fingerprint density at radius 2 is 1.59 bits per heavy atom. The number of imide groups is 2. The van der Waals surface area contributed by atoms with Crippen LogP contribution in [0.15, 0.2) is 30.3 Å². The van der Waals surface area contributed by atoms with Gasteiger partial charge in [-0.05, 0) is 18.4 Å². The molecule has 0 aliphatic carbocycles. The molecule has 1 aromatic carbocycles. The molecular formula is C15H16N2O5. The van der Waals surface area contributed by atoms with Crippen LogP contribution in [-0.4, -0.2) is 28.9 Å². The fourth-order valence-corrected chi connectivity index (χ4v) is 2.58. The molecule has 116 valence electrons. The highest BCUT2D eigenvalue weighted by atomic mass is 16.4. The molecule has 22 heavy (non-hydrogen) atoms. The summed E-state index contributed by atoms with van der Waals surface area (Å²) >= 11 is 0. The Morgan fingerprint density at radius 1 is 1.00 bits per heavy atom. The van der Waals surface area contributed by atoms with E-state index in [-0.39, 0.29) is 12.8 Å². The molecule has 2 rings (SSSR count). The quantitative estimate of drug-likeness (QED) is 0.534. The van der Waals surface area contributed by atoms with E-state index in [2.05, 4.69) is 10.6 Å². The molecule has 0 unspecified atom stereocenters. The summed E-state index contributed by atoms with van der Waals surface area (Å²) in [6, 6.07) is 7.60. The van der Waals surface area contributed by atoms with Crippen molar-refractivity contribution in [1.29, 1.82) is 0 Å². The summed E-state index contributed by atoms with van der Waals surface area (Å²) in [4.78, 5) is 46.6. The van der Waals surface area contributed by atoms with Gasteiger partial charge in [-0.25, -0.2) is 4.79 Å². The summed E-state index contributed by atoms with van der Waals surface area (Å²) in [6.07, 6.45) is 0.816. The highest BCUT2D eigenvalue weighted by molar-refractivity contribution is 6.22. The Bertz CT molecular complexity index is 592. The van der Waals surface area contributed by atoms with Crippen molar-refractivity contribution in [1.82, 2.24) is 10.6 Å². The maximum atomic E-state index is 12.4. The van der Waals surface area contributed by atoms with E-state index in [4.69, 9.17) is 5.11 Å². The molecule has 1 fully saturated rings. The molecule has 1 aliphatic rings. The lowest BCUT2D eigenvalue weighted by molar-refractivity contribution is -0.139. The number of carbonyl (C=O) groups excluding carboxylic acids is 3. The molecule has 7 heteroatoms.